The molecule has 0 heterocycles. The van der Waals surface area contributed by atoms with Gasteiger partial charge in [-0.1, -0.05) is 15.9 Å². The fourth-order valence-electron chi connectivity index (χ4n) is 0.692. The van der Waals surface area contributed by atoms with Gasteiger partial charge in [0, 0.05) is 18.8 Å². The summed E-state index contributed by atoms with van der Waals surface area (Å²) in [4.78, 5) is 12.9. The zero-order valence-electron chi connectivity index (χ0n) is 7.80. The number of carbonyl (C=O) groups excluding carboxylic acids is 1. The van der Waals surface area contributed by atoms with Gasteiger partial charge in [0.2, 0.25) is 5.91 Å². The van der Waals surface area contributed by atoms with E-state index in [0.717, 1.165) is 0 Å². The summed E-state index contributed by atoms with van der Waals surface area (Å²) in [5.74, 6) is 0.0472. The molecule has 0 aliphatic rings. The van der Waals surface area contributed by atoms with Crippen molar-refractivity contribution >= 4 is 21.8 Å². The number of alkyl halides is 1. The molecule has 0 rings (SSSR count). The molecule has 0 unspecified atom stereocenters. The lowest BCUT2D eigenvalue weighted by Gasteiger charge is -2.33. The van der Waals surface area contributed by atoms with Crippen LogP contribution < -0.4 is 0 Å². The Labute approximate surface area is 81.9 Å². The van der Waals surface area contributed by atoms with Gasteiger partial charge in [0.15, 0.2) is 0 Å². The minimum Gasteiger partial charge on any atom is -0.394 e. The third kappa shape index (κ3) is 3.11. The smallest absolute Gasteiger partial charge is 0.223 e. The fourth-order valence-corrected chi connectivity index (χ4v) is 1.03. The second-order valence-electron chi connectivity index (χ2n) is 3.36. The third-order valence-corrected chi connectivity index (χ3v) is 2.37. The van der Waals surface area contributed by atoms with E-state index in [-0.39, 0.29) is 12.5 Å². The van der Waals surface area contributed by atoms with Gasteiger partial charge in [-0.2, -0.15) is 0 Å². The number of likely N-dealkylation sites (N-methyl/N-ethyl adjacent to an activating group) is 1. The van der Waals surface area contributed by atoms with Gasteiger partial charge in [0.1, 0.15) is 0 Å². The van der Waals surface area contributed by atoms with Crippen LogP contribution in [-0.4, -0.2) is 40.4 Å². The average molecular weight is 238 g/mol. The van der Waals surface area contributed by atoms with Crippen LogP contribution in [-0.2, 0) is 4.79 Å². The van der Waals surface area contributed by atoms with Gasteiger partial charge in [-0.15, -0.1) is 0 Å². The normalized spacial score (nSPS) is 11.4. The van der Waals surface area contributed by atoms with Crippen molar-refractivity contribution in [2.24, 2.45) is 0 Å². The SMILES string of the molecule is CN(C(=O)CCBr)C(C)(C)CO. The van der Waals surface area contributed by atoms with E-state index in [4.69, 9.17) is 5.11 Å². The van der Waals surface area contributed by atoms with Crippen LogP contribution in [0.25, 0.3) is 0 Å². The average Bonchev–Trinajstić information content (AvgIpc) is 2.03. The van der Waals surface area contributed by atoms with E-state index in [1.165, 1.54) is 0 Å². The largest absolute Gasteiger partial charge is 0.394 e. The van der Waals surface area contributed by atoms with Crippen LogP contribution in [0.5, 0.6) is 0 Å². The van der Waals surface area contributed by atoms with Crippen molar-refractivity contribution in [2.75, 3.05) is 19.0 Å². The van der Waals surface area contributed by atoms with Crippen LogP contribution >= 0.6 is 15.9 Å². The molecule has 12 heavy (non-hydrogen) atoms. The summed E-state index contributed by atoms with van der Waals surface area (Å²) in [5, 5.41) is 9.64. The molecular weight excluding hydrogens is 222 g/mol. The molecule has 0 aliphatic carbocycles. The van der Waals surface area contributed by atoms with Crippen molar-refractivity contribution < 1.29 is 9.90 Å². The van der Waals surface area contributed by atoms with Crippen molar-refractivity contribution in [3.05, 3.63) is 0 Å². The molecule has 0 atom stereocenters. The first kappa shape index (κ1) is 11.9. The number of halogens is 1. The van der Waals surface area contributed by atoms with E-state index in [9.17, 15) is 4.79 Å². The zero-order chi connectivity index (χ0) is 9.78. The Morgan fingerprint density at radius 2 is 2.08 bits per heavy atom. The maximum absolute atomic E-state index is 11.3. The molecule has 0 aromatic rings. The molecule has 0 saturated heterocycles. The van der Waals surface area contributed by atoms with Crippen molar-refractivity contribution in [3.8, 4) is 0 Å². The number of hydrogen-bond donors (Lipinski definition) is 1. The highest BCUT2D eigenvalue weighted by atomic mass is 79.9. The number of carbonyl (C=O) groups is 1. The Hall–Kier alpha value is -0.0900. The van der Waals surface area contributed by atoms with Gasteiger partial charge in [-0.05, 0) is 13.8 Å². The Morgan fingerprint density at radius 3 is 2.42 bits per heavy atom. The molecule has 72 valence electrons. The summed E-state index contributed by atoms with van der Waals surface area (Å²) >= 11 is 3.20. The maximum Gasteiger partial charge on any atom is 0.223 e. The number of aliphatic hydroxyl groups is 1. The quantitative estimate of drug-likeness (QED) is 0.742. The molecule has 3 nitrogen and oxygen atoms in total. The molecule has 4 heteroatoms. The van der Waals surface area contributed by atoms with Crippen molar-refractivity contribution in [2.45, 2.75) is 25.8 Å². The van der Waals surface area contributed by atoms with Crippen LogP contribution in [0.15, 0.2) is 0 Å². The Bertz CT molecular complexity index is 159. The first-order valence-corrected chi connectivity index (χ1v) is 5.01. The number of amides is 1. The Morgan fingerprint density at radius 1 is 1.58 bits per heavy atom. The summed E-state index contributed by atoms with van der Waals surface area (Å²) in [5.41, 5.74) is -0.459. The molecular formula is C8H16BrNO2. The molecule has 0 spiro atoms. The van der Waals surface area contributed by atoms with Crippen molar-refractivity contribution in [3.63, 3.8) is 0 Å². The molecule has 0 fully saturated rings. The van der Waals surface area contributed by atoms with Gasteiger partial charge < -0.3 is 10.0 Å². The first-order valence-electron chi connectivity index (χ1n) is 3.89. The second-order valence-corrected chi connectivity index (χ2v) is 4.16. The Kier molecular flexibility index (Phi) is 4.78. The maximum atomic E-state index is 11.3. The summed E-state index contributed by atoms with van der Waals surface area (Å²) < 4.78 is 0. The fraction of sp³-hybridized carbons (Fsp3) is 0.875. The topological polar surface area (TPSA) is 40.5 Å². The van der Waals surface area contributed by atoms with Gasteiger partial charge in [-0.25, -0.2) is 0 Å². The minimum atomic E-state index is -0.459. The predicted octanol–water partition coefficient (Wildman–Crippen LogP) is 1.00. The lowest BCUT2D eigenvalue weighted by Crippen LogP contribution is -2.47. The standard InChI is InChI=1S/C8H16BrNO2/c1-8(2,6-11)10(3)7(12)4-5-9/h11H,4-6H2,1-3H3. The molecule has 0 aromatic heterocycles. The van der Waals surface area contributed by atoms with Gasteiger partial charge in [-0.3, -0.25) is 4.79 Å². The van der Waals surface area contributed by atoms with E-state index in [1.54, 1.807) is 11.9 Å². The van der Waals surface area contributed by atoms with E-state index in [0.29, 0.717) is 11.8 Å². The summed E-state index contributed by atoms with van der Waals surface area (Å²) in [6.45, 7) is 3.65. The molecule has 0 bridgehead atoms. The van der Waals surface area contributed by atoms with Crippen LogP contribution in [0.1, 0.15) is 20.3 Å². The molecule has 0 saturated carbocycles. The molecule has 1 amide bonds. The van der Waals surface area contributed by atoms with Crippen LogP contribution in [0.2, 0.25) is 0 Å². The zero-order valence-corrected chi connectivity index (χ0v) is 9.39. The molecule has 0 aromatic carbocycles. The lowest BCUT2D eigenvalue weighted by atomic mass is 10.1. The van der Waals surface area contributed by atoms with Crippen molar-refractivity contribution in [1.29, 1.82) is 0 Å². The van der Waals surface area contributed by atoms with Crippen LogP contribution in [0.3, 0.4) is 0 Å². The molecule has 0 aliphatic heterocycles. The number of rotatable bonds is 4. The minimum absolute atomic E-state index is 0.0163. The second kappa shape index (κ2) is 4.82. The van der Waals surface area contributed by atoms with Crippen molar-refractivity contribution in [1.82, 2.24) is 4.90 Å². The lowest BCUT2D eigenvalue weighted by molar-refractivity contribution is -0.135. The molecule has 1 N–H and O–H groups in total. The first-order chi connectivity index (χ1) is 5.45. The third-order valence-electron chi connectivity index (χ3n) is 1.98. The van der Waals surface area contributed by atoms with E-state index < -0.39 is 5.54 Å². The van der Waals surface area contributed by atoms with Gasteiger partial charge in [0.25, 0.3) is 0 Å². The number of aliphatic hydroxyl groups excluding tert-OH is 1. The highest BCUT2D eigenvalue weighted by molar-refractivity contribution is 9.09. The highest BCUT2D eigenvalue weighted by Gasteiger charge is 2.25. The van der Waals surface area contributed by atoms with E-state index in [2.05, 4.69) is 15.9 Å². The number of nitrogens with zero attached hydrogens (tertiary/aromatic N) is 1. The van der Waals surface area contributed by atoms with Gasteiger partial charge in [0.05, 0.1) is 12.1 Å². The Balaban J connectivity index is 4.17. The number of hydrogen-bond acceptors (Lipinski definition) is 2. The molecule has 0 radical (unpaired) electrons. The summed E-state index contributed by atoms with van der Waals surface area (Å²) in [6, 6.07) is 0. The van der Waals surface area contributed by atoms with E-state index in [1.807, 2.05) is 13.8 Å². The van der Waals surface area contributed by atoms with Crippen LogP contribution in [0.4, 0.5) is 0 Å². The van der Waals surface area contributed by atoms with E-state index >= 15 is 0 Å². The van der Waals surface area contributed by atoms with Crippen LogP contribution in [0, 0.1) is 0 Å². The monoisotopic (exact) mass is 237 g/mol. The summed E-state index contributed by atoms with van der Waals surface area (Å²) in [7, 11) is 1.71. The summed E-state index contributed by atoms with van der Waals surface area (Å²) in [6.07, 6.45) is 0.472. The van der Waals surface area contributed by atoms with Gasteiger partial charge >= 0.3 is 0 Å². The highest BCUT2D eigenvalue weighted by Crippen LogP contribution is 2.12. The predicted molar refractivity (Wildman–Crippen MR) is 52.3 cm³/mol.